The van der Waals surface area contributed by atoms with Crippen LogP contribution in [0.4, 0.5) is 0 Å². The van der Waals surface area contributed by atoms with Crippen molar-refractivity contribution >= 4 is 81.5 Å². The number of likely N-dealkylation sites (N-methyl/N-ethyl adjacent to an activating group) is 1. The molecule has 1 aliphatic heterocycles. The standard InChI is InChI=1S/C42H61Cl2N3O11S2/c1-21(2)16-27(24(7)35(50)34(22(3)4)47(11)12)31(55-26(9)48)17-33(49)56-32-18-54-40(52)28-19-60-38(46-28)36(23(5)6)58-39(51)25(8)30(14-13-15-42(10,43)44)57-41(53)29-20-59-37(32)45-29/h19-25,27,30-32,34,36H,13-18H2,1-12H3/t24?,25-,27+,30-,31+,32+,34-,36-/m0/s1. The van der Waals surface area contributed by atoms with E-state index in [0.717, 1.165) is 22.7 Å². The Bertz CT molecular complexity index is 1780. The van der Waals surface area contributed by atoms with Crippen LogP contribution in [0.15, 0.2) is 10.8 Å². The third-order valence-corrected chi connectivity index (χ3v) is 12.5. The number of ketones is 1. The minimum atomic E-state index is -1.31. The van der Waals surface area contributed by atoms with Crippen molar-refractivity contribution in [1.29, 1.82) is 0 Å². The van der Waals surface area contributed by atoms with Crippen LogP contribution in [0.25, 0.3) is 0 Å². The van der Waals surface area contributed by atoms with Gasteiger partial charge in [-0.1, -0.05) is 48.5 Å². The lowest BCUT2D eigenvalue weighted by molar-refractivity contribution is -0.164. The van der Waals surface area contributed by atoms with Crippen LogP contribution in [0.3, 0.4) is 0 Å². The molecule has 336 valence electrons. The van der Waals surface area contributed by atoms with Gasteiger partial charge in [0.05, 0.1) is 18.4 Å². The van der Waals surface area contributed by atoms with Crippen LogP contribution in [0, 0.1) is 35.5 Å². The van der Waals surface area contributed by atoms with Crippen molar-refractivity contribution < 1.29 is 52.5 Å². The average molecular weight is 919 g/mol. The number of halogens is 2. The number of esters is 5. The maximum absolute atomic E-state index is 14.0. The summed E-state index contributed by atoms with van der Waals surface area (Å²) in [6.45, 7) is 17.3. The molecule has 0 saturated carbocycles. The number of hydrogen-bond donors (Lipinski definition) is 0. The molecular formula is C42H61Cl2N3O11S2. The zero-order chi connectivity index (χ0) is 45.2. The molecule has 0 aromatic carbocycles. The molecule has 0 aliphatic carbocycles. The van der Waals surface area contributed by atoms with E-state index < -0.39 is 95.4 Å². The SMILES string of the molecule is CC(=O)O[C@H](CC(=O)O[C@@H]1COC(=O)c2csc(n2)[C@H](C(C)C)OC(=O)[C@@H](C)[C@H](CCCC(C)(Cl)Cl)OC(=O)c2csc1n2)[C@H](CC(C)C)C(C)C(=O)[C@H](C(C)C)N(C)C. The largest absolute Gasteiger partial charge is 0.462 e. The van der Waals surface area contributed by atoms with Crippen LogP contribution in [0.1, 0.15) is 145 Å². The number of alkyl halides is 2. The molecule has 0 amide bonds. The van der Waals surface area contributed by atoms with Crippen molar-refractivity contribution in [3.63, 3.8) is 0 Å². The normalized spacial score (nSPS) is 21.5. The number of thiazole rings is 2. The fourth-order valence-electron chi connectivity index (χ4n) is 7.25. The van der Waals surface area contributed by atoms with Gasteiger partial charge in [0.15, 0.2) is 29.4 Å². The lowest BCUT2D eigenvalue weighted by Gasteiger charge is -2.36. The van der Waals surface area contributed by atoms with Crippen molar-refractivity contribution in [2.45, 2.75) is 136 Å². The van der Waals surface area contributed by atoms with Crippen LogP contribution >= 0.6 is 45.9 Å². The molecule has 14 nitrogen and oxygen atoms in total. The lowest BCUT2D eigenvalue weighted by atomic mass is 9.76. The van der Waals surface area contributed by atoms with Gasteiger partial charge in [-0.05, 0) is 71.4 Å². The Hall–Kier alpha value is -3.18. The molecule has 3 rings (SSSR count). The highest BCUT2D eigenvalue weighted by molar-refractivity contribution is 7.10. The van der Waals surface area contributed by atoms with E-state index in [1.54, 1.807) is 20.8 Å². The Kier molecular flexibility index (Phi) is 19.4. The van der Waals surface area contributed by atoms with Crippen molar-refractivity contribution in [1.82, 2.24) is 14.9 Å². The summed E-state index contributed by atoms with van der Waals surface area (Å²) < 4.78 is 28.1. The Balaban J connectivity index is 2.02. The third-order valence-electron chi connectivity index (χ3n) is 10.2. The molecule has 8 atom stereocenters. The van der Waals surface area contributed by atoms with E-state index in [9.17, 15) is 28.8 Å². The first-order chi connectivity index (χ1) is 27.9. The molecule has 2 aromatic rings. The second-order valence-electron chi connectivity index (χ2n) is 17.0. The van der Waals surface area contributed by atoms with Crippen molar-refractivity contribution in [3.05, 3.63) is 32.2 Å². The van der Waals surface area contributed by atoms with E-state index in [-0.39, 0.29) is 46.4 Å². The van der Waals surface area contributed by atoms with Crippen molar-refractivity contribution in [2.75, 3.05) is 20.7 Å². The van der Waals surface area contributed by atoms with E-state index in [4.69, 9.17) is 46.9 Å². The van der Waals surface area contributed by atoms with E-state index in [1.165, 1.54) is 17.7 Å². The van der Waals surface area contributed by atoms with Crippen molar-refractivity contribution in [2.24, 2.45) is 35.5 Å². The minimum Gasteiger partial charge on any atom is -0.462 e. The summed E-state index contributed by atoms with van der Waals surface area (Å²) in [5.74, 6) is -6.05. The van der Waals surface area contributed by atoms with E-state index >= 15 is 0 Å². The summed E-state index contributed by atoms with van der Waals surface area (Å²) in [5.41, 5.74) is -0.189. The first kappa shape index (κ1) is 51.2. The topological polar surface area (TPSA) is 178 Å². The lowest BCUT2D eigenvalue weighted by Crippen LogP contribution is -2.47. The van der Waals surface area contributed by atoms with Crippen LogP contribution < -0.4 is 0 Å². The summed E-state index contributed by atoms with van der Waals surface area (Å²) in [7, 11) is 3.67. The molecule has 4 bridgehead atoms. The summed E-state index contributed by atoms with van der Waals surface area (Å²) >= 11 is 14.5. The van der Waals surface area contributed by atoms with Crippen molar-refractivity contribution in [3.8, 4) is 0 Å². The molecule has 1 aliphatic rings. The summed E-state index contributed by atoms with van der Waals surface area (Å²) in [4.78, 5) is 91.8. The van der Waals surface area contributed by atoms with Crippen LogP contribution in [0.5, 0.6) is 0 Å². The number of hydrogen-bond acceptors (Lipinski definition) is 16. The number of fused-ring (bicyclic) bond motifs is 4. The molecule has 0 fully saturated rings. The number of aromatic nitrogens is 2. The van der Waals surface area contributed by atoms with Gasteiger partial charge in [0.25, 0.3) is 0 Å². The first-order valence-corrected chi connectivity index (χ1v) is 22.9. The van der Waals surface area contributed by atoms with Crippen LogP contribution in [-0.2, 0) is 42.9 Å². The van der Waals surface area contributed by atoms with E-state index in [0.29, 0.717) is 24.3 Å². The molecule has 0 spiro atoms. The Morgan fingerprint density at radius 2 is 1.55 bits per heavy atom. The predicted octanol–water partition coefficient (Wildman–Crippen LogP) is 8.60. The van der Waals surface area contributed by atoms with E-state index in [1.807, 2.05) is 60.5 Å². The Labute approximate surface area is 371 Å². The van der Waals surface area contributed by atoms with Gasteiger partial charge in [-0.25, -0.2) is 19.6 Å². The quantitative estimate of drug-likeness (QED) is 0.0837. The summed E-state index contributed by atoms with van der Waals surface area (Å²) in [6, 6.07) is -0.411. The van der Waals surface area contributed by atoms with E-state index in [2.05, 4.69) is 9.97 Å². The van der Waals surface area contributed by atoms with Crippen LogP contribution in [0.2, 0.25) is 0 Å². The maximum atomic E-state index is 14.0. The van der Waals surface area contributed by atoms with Gasteiger partial charge in [0.1, 0.15) is 33.2 Å². The Morgan fingerprint density at radius 1 is 0.950 bits per heavy atom. The smallest absolute Gasteiger partial charge is 0.358 e. The number of cyclic esters (lactones) is 3. The fraction of sp³-hybridized carbons (Fsp3) is 0.714. The third kappa shape index (κ3) is 15.0. The van der Waals surface area contributed by atoms with Gasteiger partial charge < -0.3 is 23.7 Å². The zero-order valence-electron chi connectivity index (χ0n) is 36.7. The molecule has 0 radical (unpaired) electrons. The number of carbonyl (C=O) groups excluding carboxylic acids is 6. The summed E-state index contributed by atoms with van der Waals surface area (Å²) in [6.07, 6.45) is -3.10. The number of Topliss-reactive ketones (excluding diaryl/α,β-unsaturated/α-hetero) is 1. The zero-order valence-corrected chi connectivity index (χ0v) is 39.8. The van der Waals surface area contributed by atoms with Gasteiger partial charge in [0, 0.05) is 29.5 Å². The van der Waals surface area contributed by atoms with Gasteiger partial charge >= 0.3 is 29.8 Å². The van der Waals surface area contributed by atoms with Gasteiger partial charge in [-0.2, -0.15) is 0 Å². The monoisotopic (exact) mass is 917 g/mol. The molecule has 0 saturated heterocycles. The molecule has 60 heavy (non-hydrogen) atoms. The Morgan fingerprint density at radius 3 is 2.10 bits per heavy atom. The second kappa shape index (κ2) is 22.8. The average Bonchev–Trinajstić information content (AvgIpc) is 3.83. The number of ether oxygens (including phenoxy) is 5. The molecule has 18 heteroatoms. The van der Waals surface area contributed by atoms with Gasteiger partial charge in [-0.3, -0.25) is 24.1 Å². The highest BCUT2D eigenvalue weighted by atomic mass is 35.5. The van der Waals surface area contributed by atoms with Gasteiger partial charge in [-0.15, -0.1) is 45.9 Å². The van der Waals surface area contributed by atoms with Gasteiger partial charge in [0.2, 0.25) is 0 Å². The predicted molar refractivity (Wildman–Crippen MR) is 229 cm³/mol. The molecule has 3 heterocycles. The highest BCUT2D eigenvalue weighted by Gasteiger charge is 2.40. The number of nitrogens with zero attached hydrogens (tertiary/aromatic N) is 3. The number of rotatable bonds is 17. The van der Waals surface area contributed by atoms with Crippen LogP contribution in [-0.4, -0.2) is 93.8 Å². The highest BCUT2D eigenvalue weighted by Crippen LogP contribution is 2.35. The molecule has 0 N–H and O–H groups in total. The minimum absolute atomic E-state index is 0.00116. The maximum Gasteiger partial charge on any atom is 0.358 e. The molecular weight excluding hydrogens is 858 g/mol. The molecule has 1 unspecified atom stereocenters. The number of carbonyl (C=O) groups is 6. The fourth-order valence-corrected chi connectivity index (χ4v) is 9.30. The summed E-state index contributed by atoms with van der Waals surface area (Å²) in [5, 5.41) is 3.35. The first-order valence-electron chi connectivity index (χ1n) is 20.3. The second-order valence-corrected chi connectivity index (χ2v) is 20.6. The molecule has 2 aromatic heterocycles.